The van der Waals surface area contributed by atoms with Crippen molar-refractivity contribution in [1.29, 1.82) is 0 Å². The molecule has 0 spiro atoms. The Morgan fingerprint density at radius 2 is 1.59 bits per heavy atom. The average Bonchev–Trinajstić information content (AvgIpc) is 2.61. The summed E-state index contributed by atoms with van der Waals surface area (Å²) < 4.78 is 30.9. The summed E-state index contributed by atoms with van der Waals surface area (Å²) in [5, 5.41) is 2.89. The largest absolute Gasteiger partial charge is 0.497 e. The number of aryl methyl sites for hydroxylation is 1. The molecule has 1 amide bonds. The van der Waals surface area contributed by atoms with Gasteiger partial charge in [-0.15, -0.1) is 0 Å². The molecule has 0 saturated carbocycles. The van der Waals surface area contributed by atoms with Crippen LogP contribution in [0, 0.1) is 6.92 Å². The minimum atomic E-state index is -3.66. The fourth-order valence-electron chi connectivity index (χ4n) is 2.81. The third kappa shape index (κ3) is 5.23. The Morgan fingerprint density at radius 1 is 1.04 bits per heavy atom. The number of carbonyl (C=O) groups is 1. The van der Waals surface area contributed by atoms with Crippen LogP contribution in [0.15, 0.2) is 48.5 Å². The van der Waals surface area contributed by atoms with Gasteiger partial charge in [0, 0.05) is 0 Å². The molecule has 2 aromatic carbocycles. The van der Waals surface area contributed by atoms with E-state index in [1.54, 1.807) is 31.2 Å². The predicted octanol–water partition coefficient (Wildman–Crippen LogP) is 3.04. The van der Waals surface area contributed by atoms with Gasteiger partial charge in [-0.3, -0.25) is 9.10 Å². The molecule has 0 heterocycles. The lowest BCUT2D eigenvalue weighted by molar-refractivity contribution is -0.122. The molecule has 0 aliphatic rings. The highest BCUT2D eigenvalue weighted by atomic mass is 32.2. The van der Waals surface area contributed by atoms with Gasteiger partial charge in [-0.1, -0.05) is 29.8 Å². The zero-order valence-electron chi connectivity index (χ0n) is 16.3. The highest BCUT2D eigenvalue weighted by molar-refractivity contribution is 7.92. The number of hydrogen-bond acceptors (Lipinski definition) is 4. The highest BCUT2D eigenvalue weighted by Gasteiger charge is 2.29. The summed E-state index contributed by atoms with van der Waals surface area (Å²) >= 11 is 0. The van der Waals surface area contributed by atoms with Crippen molar-refractivity contribution in [1.82, 2.24) is 5.32 Å². The molecular weight excluding hydrogens is 364 g/mol. The highest BCUT2D eigenvalue weighted by Crippen LogP contribution is 2.24. The Hall–Kier alpha value is -2.54. The van der Waals surface area contributed by atoms with E-state index in [9.17, 15) is 13.2 Å². The number of rotatable bonds is 7. The van der Waals surface area contributed by atoms with Crippen LogP contribution in [0.4, 0.5) is 5.69 Å². The van der Waals surface area contributed by atoms with Crippen molar-refractivity contribution >= 4 is 21.6 Å². The third-order valence-corrected chi connectivity index (χ3v) is 5.59. The number of nitrogens with zero attached hydrogens (tertiary/aromatic N) is 1. The van der Waals surface area contributed by atoms with Crippen LogP contribution in [0.25, 0.3) is 0 Å². The summed E-state index contributed by atoms with van der Waals surface area (Å²) in [4.78, 5) is 12.7. The lowest BCUT2D eigenvalue weighted by atomic mass is 10.1. The molecule has 2 atom stereocenters. The minimum Gasteiger partial charge on any atom is -0.497 e. The van der Waals surface area contributed by atoms with Gasteiger partial charge in [0.25, 0.3) is 0 Å². The van der Waals surface area contributed by atoms with E-state index < -0.39 is 16.1 Å². The molecule has 146 valence electrons. The number of ether oxygens (including phenoxy) is 1. The molecule has 2 rings (SSSR count). The molecule has 0 bridgehead atoms. The number of carbonyl (C=O) groups excluding carboxylic acids is 1. The van der Waals surface area contributed by atoms with E-state index in [2.05, 4.69) is 5.32 Å². The predicted molar refractivity (Wildman–Crippen MR) is 108 cm³/mol. The number of sulfonamides is 1. The molecule has 6 nitrogen and oxygen atoms in total. The zero-order chi connectivity index (χ0) is 20.2. The van der Waals surface area contributed by atoms with Crippen molar-refractivity contribution in [2.75, 3.05) is 17.7 Å². The third-order valence-electron chi connectivity index (χ3n) is 4.35. The first-order valence-corrected chi connectivity index (χ1v) is 10.5. The molecule has 0 saturated heterocycles. The van der Waals surface area contributed by atoms with Crippen molar-refractivity contribution in [3.8, 4) is 5.75 Å². The van der Waals surface area contributed by atoms with E-state index in [-0.39, 0.29) is 11.9 Å². The monoisotopic (exact) mass is 390 g/mol. The van der Waals surface area contributed by atoms with Gasteiger partial charge < -0.3 is 10.1 Å². The Morgan fingerprint density at radius 3 is 2.07 bits per heavy atom. The smallest absolute Gasteiger partial charge is 0.244 e. The van der Waals surface area contributed by atoms with Gasteiger partial charge in [0.2, 0.25) is 15.9 Å². The van der Waals surface area contributed by atoms with Crippen LogP contribution in [-0.4, -0.2) is 33.7 Å². The van der Waals surface area contributed by atoms with Crippen LogP contribution < -0.4 is 14.4 Å². The Kier molecular flexibility index (Phi) is 6.49. The van der Waals surface area contributed by atoms with Crippen LogP contribution >= 0.6 is 0 Å². The second kappa shape index (κ2) is 8.43. The van der Waals surface area contributed by atoms with Gasteiger partial charge in [0.1, 0.15) is 11.8 Å². The molecule has 2 aromatic rings. The van der Waals surface area contributed by atoms with Gasteiger partial charge in [0.15, 0.2) is 0 Å². The number of benzene rings is 2. The van der Waals surface area contributed by atoms with Crippen molar-refractivity contribution < 1.29 is 17.9 Å². The summed E-state index contributed by atoms with van der Waals surface area (Å²) in [6.45, 7) is 5.43. The van der Waals surface area contributed by atoms with E-state index in [4.69, 9.17) is 4.74 Å². The van der Waals surface area contributed by atoms with E-state index in [1.165, 1.54) is 7.11 Å². The maximum Gasteiger partial charge on any atom is 0.244 e. The SMILES string of the molecule is COc1ccc(N([C@H](C)C(=O)N[C@@H](C)c2ccc(C)cc2)S(C)(=O)=O)cc1. The molecule has 7 heteroatoms. The topological polar surface area (TPSA) is 75.7 Å². The first-order chi connectivity index (χ1) is 12.6. The quantitative estimate of drug-likeness (QED) is 0.788. The normalized spacial score (nSPS) is 13.5. The van der Waals surface area contributed by atoms with Gasteiger partial charge in [-0.05, 0) is 50.6 Å². The van der Waals surface area contributed by atoms with Gasteiger partial charge >= 0.3 is 0 Å². The number of amides is 1. The van der Waals surface area contributed by atoms with E-state index in [0.717, 1.165) is 21.7 Å². The molecule has 0 radical (unpaired) electrons. The van der Waals surface area contributed by atoms with E-state index in [0.29, 0.717) is 11.4 Å². The number of methoxy groups -OCH3 is 1. The second-order valence-corrected chi connectivity index (χ2v) is 8.43. The lowest BCUT2D eigenvalue weighted by Crippen LogP contribution is -2.48. The van der Waals surface area contributed by atoms with Crippen molar-refractivity contribution in [3.05, 3.63) is 59.7 Å². The van der Waals surface area contributed by atoms with Gasteiger partial charge in [-0.2, -0.15) is 0 Å². The Balaban J connectivity index is 2.22. The van der Waals surface area contributed by atoms with Gasteiger partial charge in [-0.25, -0.2) is 8.42 Å². The summed E-state index contributed by atoms with van der Waals surface area (Å²) in [6.07, 6.45) is 1.09. The summed E-state index contributed by atoms with van der Waals surface area (Å²) in [5.74, 6) is 0.238. The van der Waals surface area contributed by atoms with Crippen molar-refractivity contribution in [2.24, 2.45) is 0 Å². The fourth-order valence-corrected chi connectivity index (χ4v) is 3.99. The Bertz CT molecular complexity index is 877. The van der Waals surface area contributed by atoms with Crippen LogP contribution in [0.2, 0.25) is 0 Å². The molecule has 0 unspecified atom stereocenters. The molecule has 0 fully saturated rings. The number of nitrogens with one attached hydrogen (secondary N) is 1. The zero-order valence-corrected chi connectivity index (χ0v) is 17.1. The summed E-state index contributed by atoms with van der Waals surface area (Å²) in [6, 6.07) is 13.3. The molecule has 0 aliphatic carbocycles. The van der Waals surface area contributed by atoms with Crippen molar-refractivity contribution in [3.63, 3.8) is 0 Å². The van der Waals surface area contributed by atoms with Crippen LogP contribution in [0.5, 0.6) is 5.75 Å². The van der Waals surface area contributed by atoms with Crippen LogP contribution in [0.1, 0.15) is 31.0 Å². The maximum absolute atomic E-state index is 12.7. The minimum absolute atomic E-state index is 0.238. The molecule has 1 N–H and O–H groups in total. The standard InChI is InChI=1S/C20H26N2O4S/c1-14-6-8-17(9-7-14)15(2)21-20(23)16(3)22(27(5,24)25)18-10-12-19(26-4)13-11-18/h6-13,15-16H,1-5H3,(H,21,23)/t15-,16+/m0/s1. The molecular formula is C20H26N2O4S. The first-order valence-electron chi connectivity index (χ1n) is 8.64. The summed E-state index contributed by atoms with van der Waals surface area (Å²) in [7, 11) is -2.12. The second-order valence-electron chi connectivity index (χ2n) is 6.57. The first kappa shape index (κ1) is 20.8. The van der Waals surface area contributed by atoms with Crippen LogP contribution in [0.3, 0.4) is 0 Å². The number of anilines is 1. The van der Waals surface area contributed by atoms with Gasteiger partial charge in [0.05, 0.1) is 25.1 Å². The lowest BCUT2D eigenvalue weighted by Gasteiger charge is -2.29. The fraction of sp³-hybridized carbons (Fsp3) is 0.350. The molecule has 0 aliphatic heterocycles. The van der Waals surface area contributed by atoms with E-state index >= 15 is 0 Å². The average molecular weight is 391 g/mol. The molecule has 0 aromatic heterocycles. The van der Waals surface area contributed by atoms with Crippen LogP contribution in [-0.2, 0) is 14.8 Å². The number of hydrogen-bond donors (Lipinski definition) is 1. The molecule has 27 heavy (non-hydrogen) atoms. The summed E-state index contributed by atoms with van der Waals surface area (Å²) in [5.41, 5.74) is 2.49. The van der Waals surface area contributed by atoms with Crippen molar-refractivity contribution in [2.45, 2.75) is 32.9 Å². The van der Waals surface area contributed by atoms with E-state index in [1.807, 2.05) is 38.1 Å². The Labute approximate surface area is 161 Å². The maximum atomic E-state index is 12.7.